The summed E-state index contributed by atoms with van der Waals surface area (Å²) in [7, 11) is -11.2. The fourth-order valence-electron chi connectivity index (χ4n) is 15.3. The normalized spacial score (nSPS) is 20.3. The fourth-order valence-corrected chi connectivity index (χ4v) is 19.3. The van der Waals surface area contributed by atoms with E-state index in [1.54, 1.807) is 41.1 Å². The number of rotatable bonds is 28. The summed E-state index contributed by atoms with van der Waals surface area (Å²) in [6.07, 6.45) is 3.94. The average Bonchev–Trinajstić information content (AvgIpc) is 1.07. The number of benzene rings is 5. The number of hydrogen-bond donors (Lipinski definition) is 5. The van der Waals surface area contributed by atoms with Crippen LogP contribution in [0.4, 0.5) is 28.9 Å². The summed E-state index contributed by atoms with van der Waals surface area (Å²) in [6.45, 7) is 19.8. The fraction of sp³-hybridized carbons (Fsp3) is 0.494. The summed E-state index contributed by atoms with van der Waals surface area (Å²) in [4.78, 5) is 82.9. The minimum absolute atomic E-state index is 0.000520. The number of carbonyl (C=O) groups is 5. The lowest BCUT2D eigenvalue weighted by atomic mass is 9.72. The third-order valence-electron chi connectivity index (χ3n) is 21.4. The van der Waals surface area contributed by atoms with Crippen LogP contribution in [0.1, 0.15) is 139 Å². The highest BCUT2D eigenvalue weighted by atomic mass is 35.5. The van der Waals surface area contributed by atoms with Gasteiger partial charge in [0.1, 0.15) is 22.8 Å². The maximum atomic E-state index is 15.2. The van der Waals surface area contributed by atoms with Crippen LogP contribution in [-0.4, -0.2) is 184 Å². The first-order valence-corrected chi connectivity index (χ1v) is 42.1. The number of anilines is 2. The number of hydrogen-bond acceptors (Lipinski definition) is 17. The standard InChI is InChI=1S/C79H97ClF4N10O10S4/c1-50(52-18-20-53(21-19-52)72-51(2)85-49-106-72)86-75(99)68-39-61(95)47-94(68)76(100)73(77(3,4)5)88-70(96)16-12-9-13-17-71(97)93-45-56-43-91(44-57(56)46-93)33-31-59(48-105-62-14-10-8-11-15-62)87-67-29-27-63(40-69(67)107(101,102)79(82,83)84)108(103,104)89-74(98)54-22-25-60(26-23-54)92-36-34-90(35-37-92)42-55-41-78(6,7)32-30-64(55)65-28-24-58(80)38-66(65)81/h8,10-11,14-15,18-29,38,40,49-50,56-57,59,61,68,73,87,95H,9,12-13,16-17,30-37,39,41-48H2,1-7H3,(H,86,99)(H,88,96)(H,89,98)/t50-,56+,57+,59+,61+,68-,73+/m0/s1. The SMILES string of the molecule is Cc1ncsc1-c1ccc([C@H](C)NC(=O)[C@@H]2C[C@@H](O)CN2C(=O)[C@@H](NC(=O)CCCCCC(=O)N2C[C@H]3CN(CC[C@H](CSc4ccccc4)Nc4ccc(S(=O)(=O)NC(=O)c5ccc(N6CCN(CC7=C(c8ccc(Cl)cc8F)CCC(C)(C)C7)CC6)cc5)cc4S(=O)(=O)C(F)(F)F)C[C@@H]3C2)C(C)(C)C)cc1. The number of piperazine rings is 1. The Morgan fingerprint density at radius 1 is 0.806 bits per heavy atom. The Morgan fingerprint density at radius 2 is 1.49 bits per heavy atom. The van der Waals surface area contributed by atoms with E-state index in [0.717, 1.165) is 69.2 Å². The van der Waals surface area contributed by atoms with E-state index >= 15 is 4.39 Å². The van der Waals surface area contributed by atoms with Gasteiger partial charge in [0.15, 0.2) is 0 Å². The van der Waals surface area contributed by atoms with Crippen LogP contribution in [0.2, 0.25) is 5.02 Å². The quantitative estimate of drug-likeness (QED) is 0.0174. The molecule has 0 radical (unpaired) electrons. The monoisotopic (exact) mass is 1580 g/mol. The van der Waals surface area contributed by atoms with E-state index in [1.807, 2.05) is 98.8 Å². The number of aromatic nitrogens is 1. The Morgan fingerprint density at radius 3 is 2.14 bits per heavy atom. The van der Waals surface area contributed by atoms with Gasteiger partial charge in [-0.25, -0.2) is 30.9 Å². The van der Waals surface area contributed by atoms with Crippen molar-refractivity contribution >= 4 is 101 Å². The van der Waals surface area contributed by atoms with E-state index in [2.05, 4.69) is 49.5 Å². The molecule has 6 aromatic rings. The highest BCUT2D eigenvalue weighted by Crippen LogP contribution is 2.45. The molecular formula is C79H97ClF4N10O10S4. The number of thioether (sulfide) groups is 1. The van der Waals surface area contributed by atoms with Crippen molar-refractivity contribution in [1.29, 1.82) is 0 Å². The lowest BCUT2D eigenvalue weighted by Gasteiger charge is -2.39. The number of nitrogens with one attached hydrogen (secondary N) is 4. The summed E-state index contributed by atoms with van der Waals surface area (Å²) in [6, 6.07) is 27.5. The van der Waals surface area contributed by atoms with Gasteiger partial charge in [-0.15, -0.1) is 23.1 Å². The molecule has 1 aromatic heterocycles. The first-order chi connectivity index (χ1) is 51.1. The zero-order chi connectivity index (χ0) is 77.6. The number of nitrogens with zero attached hydrogens (tertiary/aromatic N) is 6. The van der Waals surface area contributed by atoms with Crippen molar-refractivity contribution in [2.45, 2.75) is 163 Å². The van der Waals surface area contributed by atoms with Gasteiger partial charge in [-0.1, -0.05) is 107 Å². The molecule has 108 heavy (non-hydrogen) atoms. The summed E-state index contributed by atoms with van der Waals surface area (Å²) in [5.74, 6) is -2.05. The van der Waals surface area contributed by atoms with Crippen LogP contribution < -0.4 is 25.6 Å². The Hall–Kier alpha value is -7.44. The van der Waals surface area contributed by atoms with Crippen LogP contribution in [0.25, 0.3) is 16.0 Å². The molecule has 0 bridgehead atoms. The Bertz CT molecular complexity index is 4490. The lowest BCUT2D eigenvalue weighted by Crippen LogP contribution is -2.57. The third-order valence-corrected chi connectivity index (χ3v) is 26.7. The molecule has 5 heterocycles. The predicted molar refractivity (Wildman–Crippen MR) is 414 cm³/mol. The van der Waals surface area contributed by atoms with Crippen molar-refractivity contribution in [2.24, 2.45) is 22.7 Å². The molecule has 11 rings (SSSR count). The van der Waals surface area contributed by atoms with Crippen LogP contribution in [-0.2, 0) is 39.0 Å². The van der Waals surface area contributed by atoms with Gasteiger partial charge < -0.3 is 40.7 Å². The molecule has 5 amide bonds. The number of carbonyl (C=O) groups excluding carboxylic acids is 5. The first kappa shape index (κ1) is 81.5. The van der Waals surface area contributed by atoms with Crippen LogP contribution >= 0.6 is 34.7 Å². The molecule has 5 aromatic carbocycles. The van der Waals surface area contributed by atoms with Crippen molar-refractivity contribution in [3.63, 3.8) is 0 Å². The van der Waals surface area contributed by atoms with Gasteiger partial charge in [0.05, 0.1) is 38.8 Å². The number of sulfone groups is 1. The summed E-state index contributed by atoms with van der Waals surface area (Å²) >= 11 is 9.05. The highest BCUT2D eigenvalue weighted by molar-refractivity contribution is 7.99. The van der Waals surface area contributed by atoms with Crippen molar-refractivity contribution in [2.75, 3.05) is 88.0 Å². The molecule has 1 aliphatic carbocycles. The molecule has 0 unspecified atom stereocenters. The molecule has 4 fully saturated rings. The Labute approximate surface area is 644 Å². The number of alkyl halides is 3. The largest absolute Gasteiger partial charge is 0.501 e. The number of thiazole rings is 1. The maximum absolute atomic E-state index is 15.2. The number of sulfonamides is 1. The number of amides is 5. The molecule has 0 spiro atoms. The number of allylic oxidation sites excluding steroid dienone is 1. The predicted octanol–water partition coefficient (Wildman–Crippen LogP) is 12.8. The number of aliphatic hydroxyl groups excluding tert-OH is 1. The number of aryl methyl sites for hydroxylation is 1. The smallest absolute Gasteiger partial charge is 0.391 e. The average molecular weight is 1590 g/mol. The van der Waals surface area contributed by atoms with Gasteiger partial charge in [-0.3, -0.25) is 28.9 Å². The van der Waals surface area contributed by atoms with Crippen LogP contribution in [0, 0.1) is 35.4 Å². The zero-order valence-corrected chi connectivity index (χ0v) is 66.0. The summed E-state index contributed by atoms with van der Waals surface area (Å²) in [5, 5.41) is 20.1. The summed E-state index contributed by atoms with van der Waals surface area (Å²) in [5.41, 5.74) is 1.13. The van der Waals surface area contributed by atoms with E-state index in [-0.39, 0.29) is 72.0 Å². The topological polar surface area (TPSA) is 251 Å². The van der Waals surface area contributed by atoms with Crippen molar-refractivity contribution in [3.8, 4) is 10.4 Å². The molecule has 4 saturated heterocycles. The van der Waals surface area contributed by atoms with Gasteiger partial charge in [-0.2, -0.15) is 13.2 Å². The molecule has 0 saturated carbocycles. The van der Waals surface area contributed by atoms with E-state index in [0.29, 0.717) is 108 Å². The van der Waals surface area contributed by atoms with E-state index < -0.39 is 94.3 Å². The third kappa shape index (κ3) is 20.2. The number of fused-ring (bicyclic) bond motifs is 1. The zero-order valence-electron chi connectivity index (χ0n) is 62.0. The van der Waals surface area contributed by atoms with Gasteiger partial charge in [0.2, 0.25) is 23.6 Å². The van der Waals surface area contributed by atoms with Gasteiger partial charge in [-0.05, 0) is 158 Å². The Kier molecular flexibility index (Phi) is 26.0. The van der Waals surface area contributed by atoms with E-state index in [4.69, 9.17) is 11.6 Å². The Balaban J connectivity index is 0.645. The van der Waals surface area contributed by atoms with E-state index in [9.17, 15) is 59.1 Å². The first-order valence-electron chi connectivity index (χ1n) is 36.9. The lowest BCUT2D eigenvalue weighted by molar-refractivity contribution is -0.144. The number of halogens is 5. The van der Waals surface area contributed by atoms with Crippen molar-refractivity contribution in [3.05, 3.63) is 160 Å². The van der Waals surface area contributed by atoms with Gasteiger partial charge >= 0.3 is 5.51 Å². The second-order valence-electron chi connectivity index (χ2n) is 31.2. The highest BCUT2D eigenvalue weighted by Gasteiger charge is 2.50. The molecule has 29 heteroatoms. The molecule has 582 valence electrons. The molecule has 5 aliphatic rings. The van der Waals surface area contributed by atoms with Crippen molar-refractivity contribution < 1.29 is 63.5 Å². The molecule has 20 nitrogen and oxygen atoms in total. The number of aliphatic hydroxyl groups is 1. The second-order valence-corrected chi connectivity index (χ2v) is 37.2. The van der Waals surface area contributed by atoms with Crippen LogP contribution in [0.5, 0.6) is 0 Å². The minimum Gasteiger partial charge on any atom is -0.391 e. The minimum atomic E-state index is -6.19. The van der Waals surface area contributed by atoms with Gasteiger partial charge in [0.25, 0.3) is 25.8 Å². The maximum Gasteiger partial charge on any atom is 0.501 e. The van der Waals surface area contributed by atoms with Crippen molar-refractivity contribution in [1.82, 2.24) is 39.9 Å². The number of β-amino-alcohol motifs (C(OH)–C–C–N with tert-alkyl or cyclic N) is 1. The molecule has 5 N–H and O–H groups in total. The van der Waals surface area contributed by atoms with Crippen LogP contribution in [0.15, 0.2) is 141 Å². The molecule has 7 atom stereocenters. The summed E-state index contributed by atoms with van der Waals surface area (Å²) < 4.78 is 116. The van der Waals surface area contributed by atoms with Crippen LogP contribution in [0.3, 0.4) is 0 Å². The number of likely N-dealkylation sites (tertiary alicyclic amines) is 3. The molecule has 4 aliphatic heterocycles. The molecular weight excluding hydrogens is 1490 g/mol. The number of unbranched alkanes of at least 4 members (excludes halogenated alkanes) is 2. The second kappa shape index (κ2) is 34.4. The van der Waals surface area contributed by atoms with E-state index in [1.165, 1.54) is 40.4 Å². The van der Waals surface area contributed by atoms with Gasteiger partial charge in [0, 0.05) is 130 Å².